The molecule has 0 aliphatic heterocycles. The van der Waals surface area contributed by atoms with Gasteiger partial charge in [0.1, 0.15) is 0 Å². The number of carbonyl (C=O) groups excluding carboxylic acids is 1. The van der Waals surface area contributed by atoms with Gasteiger partial charge in [-0.25, -0.2) is 4.79 Å². The molecule has 0 fully saturated rings. The molecular weight excluding hydrogens is 232 g/mol. The van der Waals surface area contributed by atoms with Gasteiger partial charge in [-0.15, -0.1) is 0 Å². The number of nitrogens with zero attached hydrogens (tertiary/aromatic N) is 1. The highest BCUT2D eigenvalue weighted by Gasteiger charge is 2.14. The molecule has 5 heteroatoms. The zero-order valence-electron chi connectivity index (χ0n) is 10.9. The van der Waals surface area contributed by atoms with Crippen molar-refractivity contribution in [3.05, 3.63) is 29.8 Å². The smallest absolute Gasteiger partial charge is 0.321 e. The van der Waals surface area contributed by atoms with Gasteiger partial charge in [-0.2, -0.15) is 0 Å². The lowest BCUT2D eigenvalue weighted by Gasteiger charge is -2.23. The Morgan fingerprint density at radius 1 is 1.44 bits per heavy atom. The van der Waals surface area contributed by atoms with E-state index in [0.29, 0.717) is 5.69 Å². The van der Waals surface area contributed by atoms with Crippen LogP contribution in [0.15, 0.2) is 24.3 Å². The van der Waals surface area contributed by atoms with Crippen molar-refractivity contribution < 1.29 is 15.0 Å². The molecule has 0 saturated heterocycles. The summed E-state index contributed by atoms with van der Waals surface area (Å²) in [4.78, 5) is 13.3. The summed E-state index contributed by atoms with van der Waals surface area (Å²) in [6, 6.07) is 6.50. The third kappa shape index (κ3) is 3.72. The number of anilines is 1. The maximum Gasteiger partial charge on any atom is 0.321 e. The highest BCUT2D eigenvalue weighted by molar-refractivity contribution is 5.89. The van der Waals surface area contributed by atoms with Gasteiger partial charge < -0.3 is 20.4 Å². The molecule has 1 aromatic rings. The quantitative estimate of drug-likeness (QED) is 0.762. The molecule has 0 aliphatic carbocycles. The summed E-state index contributed by atoms with van der Waals surface area (Å²) in [5.41, 5.74) is 1.36. The molecule has 5 nitrogen and oxygen atoms in total. The van der Waals surface area contributed by atoms with Crippen molar-refractivity contribution in [2.24, 2.45) is 0 Å². The van der Waals surface area contributed by atoms with Gasteiger partial charge in [0.15, 0.2) is 0 Å². The first-order chi connectivity index (χ1) is 8.45. The number of hydrogen-bond acceptors (Lipinski definition) is 3. The zero-order chi connectivity index (χ0) is 13.7. The number of hydrogen-bond donors (Lipinski definition) is 3. The number of aliphatic hydroxyl groups excluding tert-OH is 2. The summed E-state index contributed by atoms with van der Waals surface area (Å²) >= 11 is 0. The second-order valence-electron chi connectivity index (χ2n) is 4.37. The predicted molar refractivity (Wildman–Crippen MR) is 70.4 cm³/mol. The molecule has 3 N–H and O–H groups in total. The van der Waals surface area contributed by atoms with Gasteiger partial charge in [-0.1, -0.05) is 12.1 Å². The number of likely N-dealkylation sites (N-methyl/N-ethyl adjacent to an activating group) is 1. The van der Waals surface area contributed by atoms with Crippen molar-refractivity contribution in [1.82, 2.24) is 4.90 Å². The Morgan fingerprint density at radius 3 is 2.67 bits per heavy atom. The Labute approximate surface area is 107 Å². The minimum absolute atomic E-state index is 0.0857. The number of rotatable bonds is 4. The van der Waals surface area contributed by atoms with Crippen LogP contribution in [0.1, 0.15) is 25.5 Å². The molecule has 0 bridgehead atoms. The summed E-state index contributed by atoms with van der Waals surface area (Å²) < 4.78 is 0. The van der Waals surface area contributed by atoms with E-state index in [1.54, 1.807) is 45.2 Å². The Bertz CT molecular complexity index is 407. The lowest BCUT2D eigenvalue weighted by atomic mass is 10.1. The molecule has 2 amide bonds. The molecule has 0 aliphatic rings. The van der Waals surface area contributed by atoms with E-state index in [0.717, 1.165) is 5.56 Å². The van der Waals surface area contributed by atoms with Crippen LogP contribution in [0.25, 0.3) is 0 Å². The predicted octanol–water partition coefficient (Wildman–Crippen LogP) is 1.58. The molecule has 0 saturated carbocycles. The van der Waals surface area contributed by atoms with Gasteiger partial charge in [-0.05, 0) is 31.5 Å². The van der Waals surface area contributed by atoms with E-state index >= 15 is 0 Å². The average molecular weight is 252 g/mol. The number of urea groups is 1. The SMILES string of the molecule is CC(O)c1cccc(NC(=O)N(C)C(C)CO)c1. The first-order valence-electron chi connectivity index (χ1n) is 5.88. The van der Waals surface area contributed by atoms with Crippen LogP contribution >= 0.6 is 0 Å². The molecule has 0 heterocycles. The molecule has 0 spiro atoms. The van der Waals surface area contributed by atoms with Crippen molar-refractivity contribution in [3.63, 3.8) is 0 Å². The Hall–Kier alpha value is -1.59. The van der Waals surface area contributed by atoms with E-state index in [4.69, 9.17) is 5.11 Å². The fourth-order valence-electron chi connectivity index (χ4n) is 1.41. The van der Waals surface area contributed by atoms with Crippen molar-refractivity contribution in [2.45, 2.75) is 26.0 Å². The summed E-state index contributed by atoms with van der Waals surface area (Å²) in [6.07, 6.45) is -0.573. The number of nitrogens with one attached hydrogen (secondary N) is 1. The van der Waals surface area contributed by atoms with Crippen LogP contribution in [0.4, 0.5) is 10.5 Å². The lowest BCUT2D eigenvalue weighted by Crippen LogP contribution is -2.40. The third-order valence-electron chi connectivity index (χ3n) is 2.87. The van der Waals surface area contributed by atoms with E-state index in [-0.39, 0.29) is 18.7 Å². The van der Waals surface area contributed by atoms with Gasteiger partial charge in [0.2, 0.25) is 0 Å². The van der Waals surface area contributed by atoms with Crippen LogP contribution in [-0.2, 0) is 0 Å². The molecule has 1 aromatic carbocycles. The summed E-state index contributed by atoms with van der Waals surface area (Å²) in [7, 11) is 1.62. The van der Waals surface area contributed by atoms with Crippen LogP contribution in [0, 0.1) is 0 Å². The highest BCUT2D eigenvalue weighted by atomic mass is 16.3. The molecule has 0 aromatic heterocycles. The second kappa shape index (κ2) is 6.37. The van der Waals surface area contributed by atoms with Crippen LogP contribution in [0.3, 0.4) is 0 Å². The number of benzene rings is 1. The maximum absolute atomic E-state index is 11.8. The van der Waals surface area contributed by atoms with Crippen LogP contribution in [-0.4, -0.2) is 40.8 Å². The van der Waals surface area contributed by atoms with Gasteiger partial charge >= 0.3 is 6.03 Å². The molecule has 2 unspecified atom stereocenters. The second-order valence-corrected chi connectivity index (χ2v) is 4.37. The third-order valence-corrected chi connectivity index (χ3v) is 2.87. The molecule has 0 radical (unpaired) electrons. The largest absolute Gasteiger partial charge is 0.394 e. The van der Waals surface area contributed by atoms with E-state index < -0.39 is 6.10 Å². The topological polar surface area (TPSA) is 72.8 Å². The van der Waals surface area contributed by atoms with Gasteiger partial charge in [-0.3, -0.25) is 0 Å². The van der Waals surface area contributed by atoms with E-state index in [9.17, 15) is 9.90 Å². The van der Waals surface area contributed by atoms with E-state index in [2.05, 4.69) is 5.32 Å². The molecule has 100 valence electrons. The Balaban J connectivity index is 2.73. The molecule has 1 rings (SSSR count). The Kier molecular flexibility index (Phi) is 5.12. The summed E-state index contributed by atoms with van der Waals surface area (Å²) in [5, 5.41) is 21.2. The first-order valence-corrected chi connectivity index (χ1v) is 5.88. The fraction of sp³-hybridized carbons (Fsp3) is 0.462. The first kappa shape index (κ1) is 14.5. The monoisotopic (exact) mass is 252 g/mol. The lowest BCUT2D eigenvalue weighted by molar-refractivity contribution is 0.166. The Morgan fingerprint density at radius 2 is 2.11 bits per heavy atom. The van der Waals surface area contributed by atoms with Crippen LogP contribution in [0.5, 0.6) is 0 Å². The van der Waals surface area contributed by atoms with Gasteiger partial charge in [0.25, 0.3) is 0 Å². The van der Waals surface area contributed by atoms with E-state index in [1.807, 2.05) is 0 Å². The number of amides is 2. The maximum atomic E-state index is 11.8. The minimum Gasteiger partial charge on any atom is -0.394 e. The van der Waals surface area contributed by atoms with Gasteiger partial charge in [0, 0.05) is 12.7 Å². The molecular formula is C13H20N2O3. The van der Waals surface area contributed by atoms with E-state index in [1.165, 1.54) is 4.90 Å². The van der Waals surface area contributed by atoms with Crippen LogP contribution < -0.4 is 5.32 Å². The van der Waals surface area contributed by atoms with Crippen LogP contribution in [0.2, 0.25) is 0 Å². The molecule has 2 atom stereocenters. The van der Waals surface area contributed by atoms with Crippen molar-refractivity contribution in [2.75, 3.05) is 19.0 Å². The summed E-state index contributed by atoms with van der Waals surface area (Å²) in [6.45, 7) is 3.34. The van der Waals surface area contributed by atoms with Gasteiger partial charge in [0.05, 0.1) is 18.8 Å². The normalized spacial score (nSPS) is 13.8. The van der Waals surface area contributed by atoms with Crippen molar-refractivity contribution in [3.8, 4) is 0 Å². The highest BCUT2D eigenvalue weighted by Crippen LogP contribution is 2.17. The molecule has 18 heavy (non-hydrogen) atoms. The number of aliphatic hydroxyl groups is 2. The summed E-state index contributed by atoms with van der Waals surface area (Å²) in [5.74, 6) is 0. The zero-order valence-corrected chi connectivity index (χ0v) is 10.9. The number of carbonyl (C=O) groups is 1. The average Bonchev–Trinajstić information content (AvgIpc) is 2.37. The fourth-order valence-corrected chi connectivity index (χ4v) is 1.41. The van der Waals surface area contributed by atoms with Crippen molar-refractivity contribution >= 4 is 11.7 Å². The minimum atomic E-state index is -0.573. The standard InChI is InChI=1S/C13H20N2O3/c1-9(8-16)15(3)13(18)14-12-6-4-5-11(7-12)10(2)17/h4-7,9-10,16-17H,8H2,1-3H3,(H,14,18). The van der Waals surface area contributed by atoms with Crippen molar-refractivity contribution in [1.29, 1.82) is 0 Å².